The van der Waals surface area contributed by atoms with Crippen molar-refractivity contribution in [2.24, 2.45) is 5.92 Å². The van der Waals surface area contributed by atoms with Gasteiger partial charge in [0.25, 0.3) is 0 Å². The minimum atomic E-state index is -4.92. The Bertz CT molecular complexity index is 380. The summed E-state index contributed by atoms with van der Waals surface area (Å²) in [6.45, 7) is 1.40. The molecular formula is C12H17BF3KO. The Morgan fingerprint density at radius 3 is 2.28 bits per heavy atom. The number of halogens is 3. The molecule has 0 aromatic heterocycles. The van der Waals surface area contributed by atoms with Gasteiger partial charge in [-0.1, -0.05) is 26.0 Å². The van der Waals surface area contributed by atoms with Crippen LogP contribution < -0.4 is 61.6 Å². The van der Waals surface area contributed by atoms with Crippen molar-refractivity contribution in [1.29, 1.82) is 0 Å². The summed E-state index contributed by atoms with van der Waals surface area (Å²) in [4.78, 5) is 0. The Morgan fingerprint density at radius 2 is 1.83 bits per heavy atom. The fraction of sp³-hybridized carbons (Fsp3) is 0.500. The zero-order valence-electron chi connectivity index (χ0n) is 11.3. The van der Waals surface area contributed by atoms with E-state index in [9.17, 15) is 12.9 Å². The Kier molecular flexibility index (Phi) is 8.17. The van der Waals surface area contributed by atoms with Gasteiger partial charge in [0.1, 0.15) is 5.75 Å². The first kappa shape index (κ1) is 18.5. The van der Waals surface area contributed by atoms with Crippen molar-refractivity contribution in [1.82, 2.24) is 0 Å². The van der Waals surface area contributed by atoms with Gasteiger partial charge in [-0.15, -0.1) is 5.46 Å². The molecule has 0 unspecified atom stereocenters. The van der Waals surface area contributed by atoms with Crippen LogP contribution in [0.15, 0.2) is 18.2 Å². The van der Waals surface area contributed by atoms with Gasteiger partial charge >= 0.3 is 58.4 Å². The molecule has 0 radical (unpaired) electrons. The second-order valence-electron chi connectivity index (χ2n) is 4.63. The van der Waals surface area contributed by atoms with Crippen molar-refractivity contribution in [3.05, 3.63) is 23.8 Å². The molecule has 18 heavy (non-hydrogen) atoms. The van der Waals surface area contributed by atoms with Crippen molar-refractivity contribution in [3.8, 4) is 5.75 Å². The molecule has 0 bridgehead atoms. The molecule has 6 heteroatoms. The molecular weight excluding hydrogens is 267 g/mol. The van der Waals surface area contributed by atoms with Crippen molar-refractivity contribution < 1.29 is 69.1 Å². The maximum atomic E-state index is 12.5. The fourth-order valence-electron chi connectivity index (χ4n) is 1.44. The average Bonchev–Trinajstić information content (AvgIpc) is 2.18. The van der Waals surface area contributed by atoms with Gasteiger partial charge in [0.2, 0.25) is 0 Å². The van der Waals surface area contributed by atoms with Crippen LogP contribution >= 0.6 is 0 Å². The molecule has 0 heterocycles. The van der Waals surface area contributed by atoms with Crippen molar-refractivity contribution >= 4 is 12.4 Å². The first-order valence-corrected chi connectivity index (χ1v) is 5.74. The maximum absolute atomic E-state index is 12.5. The molecule has 1 rings (SSSR count). The molecule has 0 N–H and O–H groups in total. The molecule has 0 saturated heterocycles. The summed E-state index contributed by atoms with van der Waals surface area (Å²) in [5, 5.41) is 0. The minimum Gasteiger partial charge on any atom is -0.493 e. The van der Waals surface area contributed by atoms with Gasteiger partial charge < -0.3 is 17.7 Å². The van der Waals surface area contributed by atoms with E-state index in [2.05, 4.69) is 13.8 Å². The largest absolute Gasteiger partial charge is 1.00 e. The third-order valence-corrected chi connectivity index (χ3v) is 2.53. The van der Waals surface area contributed by atoms with Crippen LogP contribution in [0.1, 0.15) is 25.8 Å². The van der Waals surface area contributed by atoms with E-state index in [0.717, 1.165) is 18.6 Å². The zero-order valence-corrected chi connectivity index (χ0v) is 14.5. The molecule has 0 aliphatic rings. The summed E-state index contributed by atoms with van der Waals surface area (Å²) < 4.78 is 42.9. The number of rotatable bonds is 5. The van der Waals surface area contributed by atoms with E-state index in [1.54, 1.807) is 6.92 Å². The second kappa shape index (κ2) is 7.95. The van der Waals surface area contributed by atoms with Gasteiger partial charge in [-0.25, -0.2) is 0 Å². The van der Waals surface area contributed by atoms with Gasteiger partial charge in [0.05, 0.1) is 6.61 Å². The van der Waals surface area contributed by atoms with E-state index >= 15 is 0 Å². The van der Waals surface area contributed by atoms with Crippen LogP contribution in [-0.2, 0) is 0 Å². The molecule has 0 aliphatic carbocycles. The summed E-state index contributed by atoms with van der Waals surface area (Å²) in [7, 11) is 0. The van der Waals surface area contributed by atoms with E-state index in [1.165, 1.54) is 6.07 Å². The molecule has 1 nitrogen and oxygen atoms in total. The standard InChI is InChI=1S/C12H17BF3O.K/c1-9(2)6-7-17-12-5-4-11(8-10(12)3)13(14,15)16;/h4-5,8-9H,6-7H2,1-3H3;/q-1;+1. The monoisotopic (exact) mass is 284 g/mol. The predicted octanol–water partition coefficient (Wildman–Crippen LogP) is 0.478. The van der Waals surface area contributed by atoms with Gasteiger partial charge in [-0.2, -0.15) is 0 Å². The van der Waals surface area contributed by atoms with Crippen LogP contribution in [-0.4, -0.2) is 13.6 Å². The quantitative estimate of drug-likeness (QED) is 0.715. The number of ether oxygens (including phenoxy) is 1. The second-order valence-corrected chi connectivity index (χ2v) is 4.63. The van der Waals surface area contributed by atoms with Gasteiger partial charge in [0.15, 0.2) is 0 Å². The van der Waals surface area contributed by atoms with Gasteiger partial charge in [-0.3, -0.25) is 0 Å². The van der Waals surface area contributed by atoms with Crippen LogP contribution in [0, 0.1) is 12.8 Å². The smallest absolute Gasteiger partial charge is 0.493 e. The first-order chi connectivity index (χ1) is 7.80. The van der Waals surface area contributed by atoms with Crippen LogP contribution in [0.4, 0.5) is 12.9 Å². The van der Waals surface area contributed by atoms with Gasteiger partial charge in [-0.05, 0) is 30.9 Å². The van der Waals surface area contributed by atoms with E-state index in [0.29, 0.717) is 23.8 Å². The maximum Gasteiger partial charge on any atom is 1.00 e. The average molecular weight is 284 g/mol. The van der Waals surface area contributed by atoms with Crippen LogP contribution in [0.5, 0.6) is 5.75 Å². The van der Waals surface area contributed by atoms with Crippen LogP contribution in [0.3, 0.4) is 0 Å². The summed E-state index contributed by atoms with van der Waals surface area (Å²) in [5.74, 6) is 1.06. The Morgan fingerprint density at radius 1 is 1.22 bits per heavy atom. The van der Waals surface area contributed by atoms with Crippen molar-refractivity contribution in [2.75, 3.05) is 6.61 Å². The summed E-state index contributed by atoms with van der Waals surface area (Å²) >= 11 is 0. The number of benzene rings is 1. The molecule has 0 aliphatic heterocycles. The van der Waals surface area contributed by atoms with E-state index < -0.39 is 12.4 Å². The number of hydrogen-bond acceptors (Lipinski definition) is 1. The summed E-state index contributed by atoms with van der Waals surface area (Å²) in [5.41, 5.74) is -0.0378. The number of hydrogen-bond donors (Lipinski definition) is 0. The Balaban J connectivity index is 0.00000289. The Hall–Kier alpha value is 0.511. The molecule has 0 atom stereocenters. The SMILES string of the molecule is Cc1cc([B-](F)(F)F)ccc1OCCC(C)C.[K+]. The van der Waals surface area contributed by atoms with E-state index in [1.807, 2.05) is 0 Å². The molecule has 0 amide bonds. The van der Waals surface area contributed by atoms with Crippen LogP contribution in [0.25, 0.3) is 0 Å². The minimum absolute atomic E-state index is 0. The summed E-state index contributed by atoms with van der Waals surface area (Å²) in [6.07, 6.45) is 0.893. The van der Waals surface area contributed by atoms with E-state index in [4.69, 9.17) is 4.74 Å². The topological polar surface area (TPSA) is 9.23 Å². The first-order valence-electron chi connectivity index (χ1n) is 5.74. The molecule has 96 valence electrons. The van der Waals surface area contributed by atoms with Crippen molar-refractivity contribution in [2.45, 2.75) is 27.2 Å². The molecule has 0 fully saturated rings. The molecule has 0 saturated carbocycles. The predicted molar refractivity (Wildman–Crippen MR) is 64.8 cm³/mol. The zero-order chi connectivity index (χ0) is 13.1. The molecule has 1 aromatic rings. The fourth-order valence-corrected chi connectivity index (χ4v) is 1.44. The molecule has 1 aromatic carbocycles. The normalized spacial score (nSPS) is 11.3. The summed E-state index contributed by atoms with van der Waals surface area (Å²) in [6, 6.07) is 3.63. The molecule has 0 spiro atoms. The van der Waals surface area contributed by atoms with Crippen LogP contribution in [0.2, 0.25) is 0 Å². The Labute approximate surface area is 149 Å². The van der Waals surface area contributed by atoms with Gasteiger partial charge in [0, 0.05) is 0 Å². The third-order valence-electron chi connectivity index (χ3n) is 2.53. The van der Waals surface area contributed by atoms with E-state index in [-0.39, 0.29) is 51.4 Å². The number of aryl methyl sites for hydroxylation is 1. The third kappa shape index (κ3) is 6.10. The van der Waals surface area contributed by atoms with Crippen molar-refractivity contribution in [3.63, 3.8) is 0 Å².